The van der Waals surface area contributed by atoms with Crippen molar-refractivity contribution in [1.29, 1.82) is 0 Å². The van der Waals surface area contributed by atoms with Crippen LogP contribution in [0, 0.1) is 15.9 Å². The molecule has 0 aliphatic heterocycles. The SMILES string of the molecule is CCN(CCOC)c1cc(F)c(C(=O)O)cc1[N+](=O)[O-]. The molecule has 0 fully saturated rings. The first-order valence-corrected chi connectivity index (χ1v) is 5.87. The van der Waals surface area contributed by atoms with Crippen LogP contribution in [-0.4, -0.2) is 42.8 Å². The molecule has 0 aromatic heterocycles. The molecule has 0 heterocycles. The fourth-order valence-electron chi connectivity index (χ4n) is 1.77. The van der Waals surface area contributed by atoms with E-state index in [4.69, 9.17) is 9.84 Å². The Kier molecular flexibility index (Phi) is 5.39. The summed E-state index contributed by atoms with van der Waals surface area (Å²) in [7, 11) is 1.48. The molecule has 0 unspecified atom stereocenters. The zero-order valence-corrected chi connectivity index (χ0v) is 11.1. The van der Waals surface area contributed by atoms with Crippen molar-refractivity contribution in [3.8, 4) is 0 Å². The predicted molar refractivity (Wildman–Crippen MR) is 69.8 cm³/mol. The van der Waals surface area contributed by atoms with Gasteiger partial charge in [-0.15, -0.1) is 0 Å². The Hall–Kier alpha value is -2.22. The Morgan fingerprint density at radius 3 is 2.65 bits per heavy atom. The van der Waals surface area contributed by atoms with Crippen LogP contribution in [0.3, 0.4) is 0 Å². The summed E-state index contributed by atoms with van der Waals surface area (Å²) in [6.07, 6.45) is 0. The quantitative estimate of drug-likeness (QED) is 0.608. The van der Waals surface area contributed by atoms with Crippen molar-refractivity contribution in [3.63, 3.8) is 0 Å². The fraction of sp³-hybridized carbons (Fsp3) is 0.417. The Labute approximate surface area is 114 Å². The summed E-state index contributed by atoms with van der Waals surface area (Å²) < 4.78 is 18.6. The first-order chi connectivity index (χ1) is 9.42. The number of ether oxygens (including phenoxy) is 1. The molecule has 0 saturated heterocycles. The van der Waals surface area contributed by atoms with Gasteiger partial charge in [0.15, 0.2) is 0 Å². The van der Waals surface area contributed by atoms with Crippen LogP contribution in [0.1, 0.15) is 17.3 Å². The van der Waals surface area contributed by atoms with Gasteiger partial charge in [0, 0.05) is 32.3 Å². The van der Waals surface area contributed by atoms with E-state index in [1.54, 1.807) is 11.8 Å². The minimum absolute atomic E-state index is 0.0389. The molecule has 7 nitrogen and oxygen atoms in total. The van der Waals surface area contributed by atoms with Crippen molar-refractivity contribution in [3.05, 3.63) is 33.6 Å². The predicted octanol–water partition coefficient (Wildman–Crippen LogP) is 1.90. The number of nitro benzene ring substituents is 1. The second-order valence-electron chi connectivity index (χ2n) is 3.96. The molecular weight excluding hydrogens is 271 g/mol. The van der Waals surface area contributed by atoms with Crippen LogP contribution in [-0.2, 0) is 4.74 Å². The maximum atomic E-state index is 13.7. The molecule has 0 saturated carbocycles. The number of aromatic carboxylic acids is 1. The van der Waals surface area contributed by atoms with E-state index in [0.717, 1.165) is 12.1 Å². The van der Waals surface area contributed by atoms with Crippen molar-refractivity contribution >= 4 is 17.3 Å². The number of hydrogen-bond acceptors (Lipinski definition) is 5. The molecule has 0 spiro atoms. The van der Waals surface area contributed by atoms with Gasteiger partial charge in [-0.3, -0.25) is 10.1 Å². The highest BCUT2D eigenvalue weighted by atomic mass is 19.1. The highest BCUT2D eigenvalue weighted by Crippen LogP contribution is 2.31. The van der Waals surface area contributed by atoms with Gasteiger partial charge in [-0.1, -0.05) is 0 Å². The number of benzene rings is 1. The summed E-state index contributed by atoms with van der Waals surface area (Å²) in [6.45, 7) is 2.80. The number of carboxylic acid groups (broad SMARTS) is 1. The van der Waals surface area contributed by atoms with Crippen LogP contribution >= 0.6 is 0 Å². The summed E-state index contributed by atoms with van der Waals surface area (Å²) in [5, 5.41) is 19.8. The van der Waals surface area contributed by atoms with Gasteiger partial charge >= 0.3 is 5.97 Å². The number of hydrogen-bond donors (Lipinski definition) is 1. The summed E-state index contributed by atoms with van der Waals surface area (Å²) in [5.41, 5.74) is -1.12. The molecule has 0 aliphatic rings. The van der Waals surface area contributed by atoms with E-state index in [2.05, 4.69) is 0 Å². The van der Waals surface area contributed by atoms with E-state index in [0.29, 0.717) is 19.7 Å². The molecular formula is C12H15FN2O5. The molecule has 20 heavy (non-hydrogen) atoms. The average Bonchev–Trinajstić information content (AvgIpc) is 2.38. The molecule has 8 heteroatoms. The van der Waals surface area contributed by atoms with Gasteiger partial charge < -0.3 is 14.7 Å². The Balaban J connectivity index is 3.33. The summed E-state index contributed by atoms with van der Waals surface area (Å²) >= 11 is 0. The number of halogens is 1. The number of likely N-dealkylation sites (N-methyl/N-ethyl adjacent to an activating group) is 1. The second kappa shape index (κ2) is 6.80. The van der Waals surface area contributed by atoms with Gasteiger partial charge in [-0.05, 0) is 6.92 Å². The lowest BCUT2D eigenvalue weighted by atomic mass is 10.1. The number of anilines is 1. The molecule has 0 amide bonds. The van der Waals surface area contributed by atoms with Crippen molar-refractivity contribution in [2.45, 2.75) is 6.92 Å². The van der Waals surface area contributed by atoms with Crippen LogP contribution < -0.4 is 4.90 Å². The summed E-state index contributed by atoms with van der Waals surface area (Å²) in [4.78, 5) is 22.7. The third-order valence-corrected chi connectivity index (χ3v) is 2.78. The molecule has 1 aromatic rings. The number of nitrogens with zero attached hydrogens (tertiary/aromatic N) is 2. The molecule has 1 aromatic carbocycles. The normalized spacial score (nSPS) is 10.3. The van der Waals surface area contributed by atoms with Gasteiger partial charge in [0.05, 0.1) is 11.5 Å². The van der Waals surface area contributed by atoms with Crippen molar-refractivity contribution in [2.24, 2.45) is 0 Å². The lowest BCUT2D eigenvalue weighted by Gasteiger charge is -2.22. The van der Waals surface area contributed by atoms with Gasteiger partial charge in [0.25, 0.3) is 5.69 Å². The van der Waals surface area contributed by atoms with E-state index in [1.807, 2.05) is 0 Å². The second-order valence-corrected chi connectivity index (χ2v) is 3.96. The van der Waals surface area contributed by atoms with Crippen LogP contribution in [0.4, 0.5) is 15.8 Å². The summed E-state index contributed by atoms with van der Waals surface area (Å²) in [5.74, 6) is -2.55. The largest absolute Gasteiger partial charge is 0.478 e. The highest BCUT2D eigenvalue weighted by Gasteiger charge is 2.24. The fourth-order valence-corrected chi connectivity index (χ4v) is 1.77. The van der Waals surface area contributed by atoms with Crippen LogP contribution in [0.15, 0.2) is 12.1 Å². The number of carboxylic acids is 1. The lowest BCUT2D eigenvalue weighted by molar-refractivity contribution is -0.384. The van der Waals surface area contributed by atoms with Crippen molar-refractivity contribution in [2.75, 3.05) is 31.7 Å². The van der Waals surface area contributed by atoms with E-state index < -0.39 is 28.0 Å². The maximum Gasteiger partial charge on any atom is 0.338 e. The Bertz CT molecular complexity index is 521. The molecule has 0 radical (unpaired) electrons. The molecule has 1 N–H and O–H groups in total. The molecule has 110 valence electrons. The van der Waals surface area contributed by atoms with Crippen LogP contribution in [0.25, 0.3) is 0 Å². The van der Waals surface area contributed by atoms with Crippen molar-refractivity contribution < 1.29 is 24.0 Å². The number of methoxy groups -OCH3 is 1. The minimum Gasteiger partial charge on any atom is -0.478 e. The van der Waals surface area contributed by atoms with Gasteiger partial charge in [0.2, 0.25) is 0 Å². The van der Waals surface area contributed by atoms with E-state index in [9.17, 15) is 19.3 Å². The van der Waals surface area contributed by atoms with Crippen LogP contribution in [0.2, 0.25) is 0 Å². The third-order valence-electron chi connectivity index (χ3n) is 2.78. The smallest absolute Gasteiger partial charge is 0.338 e. The van der Waals surface area contributed by atoms with Gasteiger partial charge in [0.1, 0.15) is 17.1 Å². The molecule has 1 rings (SSSR count). The molecule has 0 bridgehead atoms. The monoisotopic (exact) mass is 286 g/mol. The average molecular weight is 286 g/mol. The number of carbonyl (C=O) groups is 1. The standard InChI is InChI=1S/C12H15FN2O5/c1-3-14(4-5-20-2)10-7-9(13)8(12(16)17)6-11(10)15(18)19/h6-7H,3-5H2,1-2H3,(H,16,17). The number of nitro groups is 1. The first-order valence-electron chi connectivity index (χ1n) is 5.87. The maximum absolute atomic E-state index is 13.7. The third kappa shape index (κ3) is 3.41. The zero-order valence-electron chi connectivity index (χ0n) is 11.1. The van der Waals surface area contributed by atoms with Crippen molar-refractivity contribution in [1.82, 2.24) is 0 Å². The summed E-state index contributed by atoms with van der Waals surface area (Å²) in [6, 6.07) is 1.61. The minimum atomic E-state index is -1.54. The van der Waals surface area contributed by atoms with E-state index >= 15 is 0 Å². The van der Waals surface area contributed by atoms with Crippen LogP contribution in [0.5, 0.6) is 0 Å². The Morgan fingerprint density at radius 1 is 1.55 bits per heavy atom. The topological polar surface area (TPSA) is 92.9 Å². The zero-order chi connectivity index (χ0) is 15.3. The van der Waals surface area contributed by atoms with Gasteiger partial charge in [-0.25, -0.2) is 9.18 Å². The highest BCUT2D eigenvalue weighted by molar-refractivity contribution is 5.90. The Morgan fingerprint density at radius 2 is 2.20 bits per heavy atom. The van der Waals surface area contributed by atoms with Gasteiger partial charge in [-0.2, -0.15) is 0 Å². The molecule has 0 atom stereocenters. The van der Waals surface area contributed by atoms with E-state index in [1.165, 1.54) is 7.11 Å². The van der Waals surface area contributed by atoms with E-state index in [-0.39, 0.29) is 5.69 Å². The first kappa shape index (κ1) is 15.8. The number of rotatable bonds is 7. The molecule has 0 aliphatic carbocycles. The lowest BCUT2D eigenvalue weighted by Crippen LogP contribution is -2.27.